The number of aromatic nitrogens is 2. The van der Waals surface area contributed by atoms with Gasteiger partial charge in [-0.3, -0.25) is 9.10 Å². The van der Waals surface area contributed by atoms with Crippen molar-refractivity contribution < 1.29 is 26.4 Å². The summed E-state index contributed by atoms with van der Waals surface area (Å²) in [6.07, 6.45) is 3.81. The molecule has 0 aliphatic carbocycles. The first kappa shape index (κ1) is 25.9. The number of nitrogens with zero attached hydrogens (tertiary/aromatic N) is 3. The van der Waals surface area contributed by atoms with E-state index in [9.17, 15) is 21.6 Å². The Morgan fingerprint density at radius 1 is 1.00 bits per heavy atom. The number of hydrogen-bond acceptors (Lipinski definition) is 8. The van der Waals surface area contributed by atoms with Gasteiger partial charge < -0.3 is 10.1 Å². The lowest BCUT2D eigenvalue weighted by atomic mass is 10.2. The fourth-order valence-electron chi connectivity index (χ4n) is 3.16. The van der Waals surface area contributed by atoms with Crippen LogP contribution in [0.2, 0.25) is 0 Å². The van der Waals surface area contributed by atoms with Crippen LogP contribution in [-0.2, 0) is 24.8 Å². The Hall–Kier alpha value is -3.71. The molecule has 35 heavy (non-hydrogen) atoms. The molecule has 0 saturated heterocycles. The molecule has 0 aliphatic heterocycles. The number of benzene rings is 2. The molecule has 3 aromatic rings. The van der Waals surface area contributed by atoms with Crippen LogP contribution >= 0.6 is 0 Å². The second kappa shape index (κ2) is 10.7. The zero-order valence-corrected chi connectivity index (χ0v) is 20.9. The number of carbonyl (C=O) groups is 1. The second-order valence-electron chi connectivity index (χ2n) is 7.35. The summed E-state index contributed by atoms with van der Waals surface area (Å²) in [4.78, 5) is 20.5. The Morgan fingerprint density at radius 2 is 1.60 bits per heavy atom. The van der Waals surface area contributed by atoms with Gasteiger partial charge >= 0.3 is 0 Å². The van der Waals surface area contributed by atoms with Gasteiger partial charge in [0.15, 0.2) is 0 Å². The van der Waals surface area contributed by atoms with Gasteiger partial charge in [-0.2, -0.15) is 0 Å². The Morgan fingerprint density at radius 3 is 2.14 bits per heavy atom. The minimum atomic E-state index is -3.94. The lowest BCUT2D eigenvalue weighted by Crippen LogP contribution is -2.45. The molecule has 0 fully saturated rings. The number of nitrogens with one attached hydrogen (secondary N) is 2. The Kier molecular flexibility index (Phi) is 7.92. The number of amides is 1. The summed E-state index contributed by atoms with van der Waals surface area (Å²) < 4.78 is 58.6. The van der Waals surface area contributed by atoms with Crippen molar-refractivity contribution in [3.63, 3.8) is 0 Å². The van der Waals surface area contributed by atoms with Gasteiger partial charge in [0, 0.05) is 18.1 Å². The zero-order chi connectivity index (χ0) is 25.6. The van der Waals surface area contributed by atoms with Crippen LogP contribution in [0.25, 0.3) is 0 Å². The largest absolute Gasteiger partial charge is 0.494 e. The third-order valence-electron chi connectivity index (χ3n) is 4.71. The molecule has 186 valence electrons. The molecule has 0 spiro atoms. The van der Waals surface area contributed by atoms with E-state index in [1.165, 1.54) is 43.6 Å². The topological polar surface area (TPSA) is 148 Å². The summed E-state index contributed by atoms with van der Waals surface area (Å²) in [5.41, 5.74) is 0.589. The van der Waals surface area contributed by atoms with Gasteiger partial charge in [0.2, 0.25) is 21.9 Å². The Bertz CT molecular complexity index is 1360. The SMILES string of the molecule is CCOc1ccc(N([C@@H](C)C(=O)Nc2ccc(S(=O)(=O)Nc3ncccn3)cc2)S(C)(=O)=O)cc1. The van der Waals surface area contributed by atoms with Crippen molar-refractivity contribution in [3.8, 4) is 5.75 Å². The third-order valence-corrected chi connectivity index (χ3v) is 7.30. The van der Waals surface area contributed by atoms with Crippen LogP contribution in [0.1, 0.15) is 13.8 Å². The molecular formula is C22H25N5O6S2. The molecule has 0 bridgehead atoms. The Balaban J connectivity index is 1.75. The molecule has 1 atom stereocenters. The highest BCUT2D eigenvalue weighted by molar-refractivity contribution is 7.92. The van der Waals surface area contributed by atoms with Crippen LogP contribution in [0, 0.1) is 0 Å². The highest BCUT2D eigenvalue weighted by Crippen LogP contribution is 2.25. The van der Waals surface area contributed by atoms with Crippen LogP contribution in [-0.4, -0.2) is 51.6 Å². The maximum atomic E-state index is 12.9. The standard InChI is InChI=1S/C22H25N5O6S2/c1-4-33-19-10-8-18(9-11-19)27(34(3,29)30)16(2)21(28)25-17-6-12-20(13-7-17)35(31,32)26-22-23-14-5-15-24-22/h5-16H,4H2,1-3H3,(H,25,28)(H,23,24,26)/t16-/m0/s1. The van der Waals surface area contributed by atoms with E-state index in [1.54, 1.807) is 30.3 Å². The van der Waals surface area contributed by atoms with E-state index < -0.39 is 32.0 Å². The molecule has 0 aliphatic rings. The normalized spacial score (nSPS) is 12.4. The molecule has 11 nitrogen and oxygen atoms in total. The maximum absolute atomic E-state index is 12.9. The second-order valence-corrected chi connectivity index (χ2v) is 10.9. The number of rotatable bonds is 10. The Labute approximate surface area is 204 Å². The molecule has 0 radical (unpaired) electrons. The van der Waals surface area contributed by atoms with Gasteiger partial charge in [0.1, 0.15) is 11.8 Å². The van der Waals surface area contributed by atoms with Crippen LogP contribution in [0.5, 0.6) is 5.75 Å². The van der Waals surface area contributed by atoms with E-state index in [4.69, 9.17) is 4.74 Å². The van der Waals surface area contributed by atoms with E-state index in [0.717, 1.165) is 10.6 Å². The maximum Gasteiger partial charge on any atom is 0.264 e. The molecule has 0 saturated carbocycles. The number of hydrogen-bond donors (Lipinski definition) is 2. The molecule has 0 unspecified atom stereocenters. The molecule has 2 N–H and O–H groups in total. The molecule has 1 aromatic heterocycles. The fraction of sp³-hybridized carbons (Fsp3) is 0.227. The van der Waals surface area contributed by atoms with Gasteiger partial charge in [-0.1, -0.05) is 0 Å². The lowest BCUT2D eigenvalue weighted by Gasteiger charge is -2.28. The van der Waals surface area contributed by atoms with Gasteiger partial charge in [-0.25, -0.2) is 31.5 Å². The van der Waals surface area contributed by atoms with Gasteiger partial charge in [-0.05, 0) is 68.4 Å². The van der Waals surface area contributed by atoms with Gasteiger partial charge in [0.05, 0.1) is 23.4 Å². The van der Waals surface area contributed by atoms with Crippen molar-refractivity contribution >= 4 is 43.3 Å². The summed E-state index contributed by atoms with van der Waals surface area (Å²) in [6.45, 7) is 3.75. The van der Waals surface area contributed by atoms with E-state index in [0.29, 0.717) is 18.0 Å². The molecule has 3 rings (SSSR count). The van der Waals surface area contributed by atoms with E-state index in [1.807, 2.05) is 6.92 Å². The monoisotopic (exact) mass is 519 g/mol. The van der Waals surface area contributed by atoms with Gasteiger partial charge in [-0.15, -0.1) is 0 Å². The molecule has 2 aromatic carbocycles. The lowest BCUT2D eigenvalue weighted by molar-refractivity contribution is -0.116. The molecule has 1 heterocycles. The average molecular weight is 520 g/mol. The number of ether oxygens (including phenoxy) is 1. The van der Waals surface area contributed by atoms with Crippen molar-refractivity contribution in [2.75, 3.05) is 27.2 Å². The zero-order valence-electron chi connectivity index (χ0n) is 19.2. The van der Waals surface area contributed by atoms with Crippen molar-refractivity contribution in [3.05, 3.63) is 67.0 Å². The number of carbonyl (C=O) groups excluding carboxylic acids is 1. The minimum Gasteiger partial charge on any atom is -0.494 e. The van der Waals surface area contributed by atoms with Crippen LogP contribution < -0.4 is 19.1 Å². The predicted molar refractivity (Wildman–Crippen MR) is 132 cm³/mol. The van der Waals surface area contributed by atoms with E-state index in [2.05, 4.69) is 20.0 Å². The first-order chi connectivity index (χ1) is 16.5. The van der Waals surface area contributed by atoms with E-state index in [-0.39, 0.29) is 16.5 Å². The number of sulfonamides is 2. The summed E-state index contributed by atoms with van der Waals surface area (Å²) in [7, 11) is -7.74. The molecule has 13 heteroatoms. The quantitative estimate of drug-likeness (QED) is 0.415. The van der Waals surface area contributed by atoms with Crippen LogP contribution in [0.4, 0.5) is 17.3 Å². The minimum absolute atomic E-state index is 0.0665. The average Bonchev–Trinajstić information content (AvgIpc) is 2.80. The van der Waals surface area contributed by atoms with Crippen molar-refractivity contribution in [1.29, 1.82) is 0 Å². The first-order valence-electron chi connectivity index (χ1n) is 10.4. The van der Waals surface area contributed by atoms with E-state index >= 15 is 0 Å². The highest BCUT2D eigenvalue weighted by Gasteiger charge is 2.29. The van der Waals surface area contributed by atoms with Crippen LogP contribution in [0.3, 0.4) is 0 Å². The third kappa shape index (κ3) is 6.67. The van der Waals surface area contributed by atoms with Crippen LogP contribution in [0.15, 0.2) is 71.9 Å². The van der Waals surface area contributed by atoms with Crippen molar-refractivity contribution in [2.45, 2.75) is 24.8 Å². The van der Waals surface area contributed by atoms with Crippen molar-refractivity contribution in [2.24, 2.45) is 0 Å². The molecular weight excluding hydrogens is 494 g/mol. The predicted octanol–water partition coefficient (Wildman–Crippen LogP) is 2.47. The summed E-state index contributed by atoms with van der Waals surface area (Å²) in [6, 6.07) is 12.2. The number of anilines is 3. The fourth-order valence-corrected chi connectivity index (χ4v) is 5.29. The summed E-state index contributed by atoms with van der Waals surface area (Å²) in [5, 5.41) is 2.61. The summed E-state index contributed by atoms with van der Waals surface area (Å²) in [5.74, 6) is -0.102. The smallest absolute Gasteiger partial charge is 0.264 e. The summed E-state index contributed by atoms with van der Waals surface area (Å²) >= 11 is 0. The first-order valence-corrected chi connectivity index (χ1v) is 13.8. The van der Waals surface area contributed by atoms with Crippen molar-refractivity contribution in [1.82, 2.24) is 9.97 Å². The van der Waals surface area contributed by atoms with Gasteiger partial charge in [0.25, 0.3) is 10.0 Å². The molecule has 1 amide bonds. The highest BCUT2D eigenvalue weighted by atomic mass is 32.2.